The van der Waals surface area contributed by atoms with Crippen molar-refractivity contribution >= 4 is 5.91 Å². The van der Waals surface area contributed by atoms with Gasteiger partial charge in [0.2, 0.25) is 5.91 Å². The molecule has 0 bridgehead atoms. The van der Waals surface area contributed by atoms with Crippen molar-refractivity contribution in [1.29, 1.82) is 0 Å². The van der Waals surface area contributed by atoms with E-state index in [0.29, 0.717) is 0 Å². The number of amides is 1. The van der Waals surface area contributed by atoms with E-state index in [-0.39, 0.29) is 5.91 Å². The first-order chi connectivity index (χ1) is 8.22. The zero-order valence-electron chi connectivity index (χ0n) is 10.4. The van der Waals surface area contributed by atoms with Gasteiger partial charge in [0.25, 0.3) is 0 Å². The maximum atomic E-state index is 12.1. The molecule has 2 N–H and O–H groups in total. The summed E-state index contributed by atoms with van der Waals surface area (Å²) in [5, 5.41) is 0. The predicted molar refractivity (Wildman–Crippen MR) is 68.6 cm³/mol. The molecule has 92 valence electrons. The van der Waals surface area contributed by atoms with Gasteiger partial charge in [0.15, 0.2) is 0 Å². The van der Waals surface area contributed by atoms with Crippen LogP contribution in [0, 0.1) is 0 Å². The summed E-state index contributed by atoms with van der Waals surface area (Å²) in [4.78, 5) is 14.0. The van der Waals surface area contributed by atoms with Crippen LogP contribution in [0.4, 0.5) is 0 Å². The van der Waals surface area contributed by atoms with Crippen LogP contribution in [0.15, 0.2) is 24.3 Å². The Morgan fingerprint density at radius 2 is 1.88 bits per heavy atom. The third-order valence-electron chi connectivity index (χ3n) is 3.43. The van der Waals surface area contributed by atoms with E-state index in [1.54, 1.807) is 0 Å². The molecule has 1 unspecified atom stereocenters. The number of hydrogen-bond acceptors (Lipinski definition) is 2. The SMILES string of the molecule is CCc1ccc(C(N)C(=O)N2CCCC2)cc1. The Balaban J connectivity index is 2.07. The van der Waals surface area contributed by atoms with Gasteiger partial charge in [0.05, 0.1) is 0 Å². The van der Waals surface area contributed by atoms with Crippen LogP contribution < -0.4 is 5.73 Å². The normalized spacial score (nSPS) is 17.2. The largest absolute Gasteiger partial charge is 0.341 e. The van der Waals surface area contributed by atoms with Crippen molar-refractivity contribution < 1.29 is 4.79 Å². The van der Waals surface area contributed by atoms with E-state index in [2.05, 4.69) is 6.92 Å². The van der Waals surface area contributed by atoms with Crippen molar-refractivity contribution in [3.05, 3.63) is 35.4 Å². The number of carbonyl (C=O) groups excluding carboxylic acids is 1. The lowest BCUT2D eigenvalue weighted by atomic mass is 10.0. The Morgan fingerprint density at radius 3 is 2.41 bits per heavy atom. The molecule has 0 saturated carbocycles. The van der Waals surface area contributed by atoms with Crippen LogP contribution in [0.5, 0.6) is 0 Å². The molecule has 1 aromatic rings. The molecule has 1 fully saturated rings. The summed E-state index contributed by atoms with van der Waals surface area (Å²) >= 11 is 0. The van der Waals surface area contributed by atoms with Gasteiger partial charge in [-0.05, 0) is 30.4 Å². The number of nitrogens with zero attached hydrogens (tertiary/aromatic N) is 1. The minimum Gasteiger partial charge on any atom is -0.341 e. The molecule has 1 aliphatic rings. The average Bonchev–Trinajstić information content (AvgIpc) is 2.91. The van der Waals surface area contributed by atoms with Crippen LogP contribution in [0.3, 0.4) is 0 Å². The van der Waals surface area contributed by atoms with Crippen LogP contribution in [-0.2, 0) is 11.2 Å². The number of benzene rings is 1. The van der Waals surface area contributed by atoms with Crippen LogP contribution in [-0.4, -0.2) is 23.9 Å². The van der Waals surface area contributed by atoms with Gasteiger partial charge in [-0.3, -0.25) is 4.79 Å². The lowest BCUT2D eigenvalue weighted by Gasteiger charge is -2.20. The monoisotopic (exact) mass is 232 g/mol. The number of carbonyl (C=O) groups is 1. The zero-order chi connectivity index (χ0) is 12.3. The number of likely N-dealkylation sites (tertiary alicyclic amines) is 1. The summed E-state index contributed by atoms with van der Waals surface area (Å²) in [5.41, 5.74) is 8.21. The van der Waals surface area contributed by atoms with E-state index >= 15 is 0 Å². The Bertz CT molecular complexity index is 380. The van der Waals surface area contributed by atoms with E-state index in [0.717, 1.165) is 37.9 Å². The summed E-state index contributed by atoms with van der Waals surface area (Å²) in [7, 11) is 0. The van der Waals surface area contributed by atoms with Crippen LogP contribution in [0.1, 0.15) is 36.9 Å². The number of aryl methyl sites for hydroxylation is 1. The Labute approximate surface area is 103 Å². The van der Waals surface area contributed by atoms with Crippen LogP contribution in [0.25, 0.3) is 0 Å². The van der Waals surface area contributed by atoms with E-state index in [1.807, 2.05) is 29.2 Å². The third-order valence-corrected chi connectivity index (χ3v) is 3.43. The zero-order valence-corrected chi connectivity index (χ0v) is 10.4. The van der Waals surface area contributed by atoms with Crippen molar-refractivity contribution in [1.82, 2.24) is 4.90 Å². The smallest absolute Gasteiger partial charge is 0.244 e. The topological polar surface area (TPSA) is 46.3 Å². The number of hydrogen-bond donors (Lipinski definition) is 1. The molecular formula is C14H20N2O. The summed E-state index contributed by atoms with van der Waals surface area (Å²) in [5.74, 6) is 0.0618. The molecule has 0 spiro atoms. The van der Waals surface area contributed by atoms with Crippen molar-refractivity contribution in [3.8, 4) is 0 Å². The maximum Gasteiger partial charge on any atom is 0.244 e. The van der Waals surface area contributed by atoms with Crippen molar-refractivity contribution in [2.24, 2.45) is 5.73 Å². The second kappa shape index (κ2) is 5.32. The lowest BCUT2D eigenvalue weighted by molar-refractivity contribution is -0.131. The summed E-state index contributed by atoms with van der Waals surface area (Å²) in [6.07, 6.45) is 3.22. The highest BCUT2D eigenvalue weighted by atomic mass is 16.2. The van der Waals surface area contributed by atoms with Crippen LogP contribution in [0.2, 0.25) is 0 Å². The quantitative estimate of drug-likeness (QED) is 0.864. The van der Waals surface area contributed by atoms with E-state index < -0.39 is 6.04 Å². The molecule has 0 aromatic heterocycles. The lowest BCUT2D eigenvalue weighted by Crippen LogP contribution is -2.36. The average molecular weight is 232 g/mol. The Hall–Kier alpha value is -1.35. The minimum atomic E-state index is -0.501. The first kappa shape index (κ1) is 12.1. The molecule has 1 saturated heterocycles. The highest BCUT2D eigenvalue weighted by Gasteiger charge is 2.24. The molecule has 1 heterocycles. The molecular weight excluding hydrogens is 212 g/mol. The second-order valence-corrected chi connectivity index (χ2v) is 4.61. The summed E-state index contributed by atoms with van der Waals surface area (Å²) in [6, 6.07) is 7.53. The maximum absolute atomic E-state index is 12.1. The van der Waals surface area contributed by atoms with Gasteiger partial charge in [0.1, 0.15) is 6.04 Å². The fourth-order valence-electron chi connectivity index (χ4n) is 2.24. The van der Waals surface area contributed by atoms with E-state index in [1.165, 1.54) is 5.56 Å². The van der Waals surface area contributed by atoms with Crippen molar-refractivity contribution in [3.63, 3.8) is 0 Å². The first-order valence-electron chi connectivity index (χ1n) is 6.35. The minimum absolute atomic E-state index is 0.0618. The highest BCUT2D eigenvalue weighted by molar-refractivity contribution is 5.83. The summed E-state index contributed by atoms with van der Waals surface area (Å²) in [6.45, 7) is 3.84. The summed E-state index contributed by atoms with van der Waals surface area (Å²) < 4.78 is 0. The molecule has 1 aromatic carbocycles. The van der Waals surface area contributed by atoms with Gasteiger partial charge in [-0.15, -0.1) is 0 Å². The van der Waals surface area contributed by atoms with Gasteiger partial charge in [-0.25, -0.2) is 0 Å². The van der Waals surface area contributed by atoms with Gasteiger partial charge >= 0.3 is 0 Å². The van der Waals surface area contributed by atoms with Gasteiger partial charge in [0, 0.05) is 13.1 Å². The Morgan fingerprint density at radius 1 is 1.29 bits per heavy atom. The van der Waals surface area contributed by atoms with Gasteiger partial charge in [-0.1, -0.05) is 31.2 Å². The molecule has 3 nitrogen and oxygen atoms in total. The fourth-order valence-corrected chi connectivity index (χ4v) is 2.24. The highest BCUT2D eigenvalue weighted by Crippen LogP contribution is 2.17. The van der Waals surface area contributed by atoms with Gasteiger partial charge < -0.3 is 10.6 Å². The molecule has 17 heavy (non-hydrogen) atoms. The van der Waals surface area contributed by atoms with Crippen molar-refractivity contribution in [2.75, 3.05) is 13.1 Å². The molecule has 0 aliphatic carbocycles. The molecule has 1 amide bonds. The molecule has 3 heteroatoms. The molecule has 0 radical (unpaired) electrons. The van der Waals surface area contributed by atoms with E-state index in [4.69, 9.17) is 5.73 Å². The second-order valence-electron chi connectivity index (χ2n) is 4.61. The fraction of sp³-hybridized carbons (Fsp3) is 0.500. The number of nitrogens with two attached hydrogens (primary N) is 1. The van der Waals surface area contributed by atoms with Crippen LogP contribution >= 0.6 is 0 Å². The third kappa shape index (κ3) is 2.67. The van der Waals surface area contributed by atoms with E-state index in [9.17, 15) is 4.79 Å². The first-order valence-corrected chi connectivity index (χ1v) is 6.35. The van der Waals surface area contributed by atoms with Gasteiger partial charge in [-0.2, -0.15) is 0 Å². The molecule has 1 atom stereocenters. The predicted octanol–water partition coefficient (Wildman–Crippen LogP) is 1.87. The standard InChI is InChI=1S/C14H20N2O/c1-2-11-5-7-12(8-6-11)13(15)14(17)16-9-3-4-10-16/h5-8,13H,2-4,9-10,15H2,1H3. The molecule has 2 rings (SSSR count). The van der Waals surface area contributed by atoms with Crippen molar-refractivity contribution in [2.45, 2.75) is 32.2 Å². The Kier molecular flexibility index (Phi) is 3.79. The number of rotatable bonds is 3. The molecule has 1 aliphatic heterocycles.